The van der Waals surface area contributed by atoms with E-state index in [1.807, 2.05) is 13.1 Å². The monoisotopic (exact) mass is 268 g/mol. The molecule has 0 saturated carbocycles. The molecule has 6 heteroatoms. The van der Waals surface area contributed by atoms with Crippen molar-refractivity contribution in [2.75, 3.05) is 7.11 Å². The van der Waals surface area contributed by atoms with E-state index in [9.17, 15) is 0 Å². The molecule has 0 amide bonds. The lowest BCUT2D eigenvalue weighted by atomic mass is 10.5. The first-order valence-electron chi connectivity index (χ1n) is 4.28. The van der Waals surface area contributed by atoms with Gasteiger partial charge in [-0.1, -0.05) is 0 Å². The van der Waals surface area contributed by atoms with Gasteiger partial charge in [-0.25, -0.2) is 15.0 Å². The molecule has 0 fully saturated rings. The molecule has 0 spiro atoms. The van der Waals surface area contributed by atoms with Crippen LogP contribution in [-0.2, 0) is 0 Å². The smallest absolute Gasteiger partial charge is 0.259 e. The topological polar surface area (TPSA) is 52.8 Å². The molecule has 0 N–H and O–H groups in total. The predicted octanol–water partition coefficient (Wildman–Crippen LogP) is 1.74. The summed E-state index contributed by atoms with van der Waals surface area (Å²) in [5.74, 6) is 1.09. The van der Waals surface area contributed by atoms with Gasteiger partial charge in [0.1, 0.15) is 10.9 Å². The first-order valence-corrected chi connectivity index (χ1v) is 5.07. The molecule has 0 aliphatic carbocycles. The lowest BCUT2D eigenvalue weighted by molar-refractivity contribution is 0.392. The second-order valence-electron chi connectivity index (χ2n) is 2.95. The van der Waals surface area contributed by atoms with Gasteiger partial charge >= 0.3 is 0 Å². The molecule has 0 aromatic carbocycles. The zero-order valence-electron chi connectivity index (χ0n) is 8.31. The van der Waals surface area contributed by atoms with E-state index in [1.165, 1.54) is 0 Å². The number of hydrogen-bond acceptors (Lipinski definition) is 4. The standard InChI is InChI=1S/C9H9BrN4O/c1-6-4-14(5-12-6)8-9(15-2)13-7(10)3-11-8/h3-5H,1-2H3. The van der Waals surface area contributed by atoms with Crippen molar-refractivity contribution in [3.8, 4) is 11.7 Å². The first-order chi connectivity index (χ1) is 7.20. The van der Waals surface area contributed by atoms with Crippen molar-refractivity contribution < 1.29 is 4.74 Å². The number of nitrogens with zero attached hydrogens (tertiary/aromatic N) is 4. The summed E-state index contributed by atoms with van der Waals surface area (Å²) in [4.78, 5) is 12.5. The largest absolute Gasteiger partial charge is 0.478 e. The second-order valence-corrected chi connectivity index (χ2v) is 3.76. The van der Waals surface area contributed by atoms with Gasteiger partial charge in [-0.05, 0) is 22.9 Å². The van der Waals surface area contributed by atoms with Gasteiger partial charge in [-0.15, -0.1) is 0 Å². The van der Waals surface area contributed by atoms with Crippen LogP contribution in [0, 0.1) is 6.92 Å². The average molecular weight is 269 g/mol. The molecular weight excluding hydrogens is 260 g/mol. The third-order valence-corrected chi connectivity index (χ3v) is 2.22. The quantitative estimate of drug-likeness (QED) is 0.833. The maximum Gasteiger partial charge on any atom is 0.259 e. The van der Waals surface area contributed by atoms with Crippen molar-refractivity contribution in [1.29, 1.82) is 0 Å². The third-order valence-electron chi connectivity index (χ3n) is 1.84. The van der Waals surface area contributed by atoms with E-state index in [0.717, 1.165) is 5.69 Å². The number of methoxy groups -OCH3 is 1. The Bertz CT molecular complexity index is 483. The van der Waals surface area contributed by atoms with Crippen molar-refractivity contribution in [2.24, 2.45) is 0 Å². The van der Waals surface area contributed by atoms with Crippen LogP contribution in [0.5, 0.6) is 5.88 Å². The van der Waals surface area contributed by atoms with Gasteiger partial charge in [-0.2, -0.15) is 0 Å². The summed E-state index contributed by atoms with van der Waals surface area (Å²) in [6.07, 6.45) is 5.16. The summed E-state index contributed by atoms with van der Waals surface area (Å²) in [7, 11) is 1.56. The molecule has 0 radical (unpaired) electrons. The maximum atomic E-state index is 5.14. The van der Waals surface area contributed by atoms with E-state index in [4.69, 9.17) is 4.74 Å². The van der Waals surface area contributed by atoms with E-state index in [-0.39, 0.29) is 0 Å². The SMILES string of the molecule is COc1nc(Br)cnc1-n1cnc(C)c1. The predicted molar refractivity (Wildman–Crippen MR) is 58.1 cm³/mol. The van der Waals surface area contributed by atoms with E-state index in [1.54, 1.807) is 24.2 Å². The Morgan fingerprint density at radius 3 is 2.80 bits per heavy atom. The molecular formula is C9H9BrN4O. The van der Waals surface area contributed by atoms with Crippen molar-refractivity contribution in [3.63, 3.8) is 0 Å². The molecule has 0 aliphatic heterocycles. The number of rotatable bonds is 2. The molecule has 2 rings (SSSR count). The minimum absolute atomic E-state index is 0.460. The van der Waals surface area contributed by atoms with Crippen LogP contribution in [0.3, 0.4) is 0 Å². The fourth-order valence-electron chi connectivity index (χ4n) is 1.20. The number of imidazole rings is 1. The highest BCUT2D eigenvalue weighted by Gasteiger charge is 2.09. The minimum Gasteiger partial charge on any atom is -0.478 e. The third kappa shape index (κ3) is 1.99. The average Bonchev–Trinajstić information content (AvgIpc) is 2.64. The van der Waals surface area contributed by atoms with Crippen LogP contribution in [0.25, 0.3) is 5.82 Å². The Hall–Kier alpha value is -1.43. The van der Waals surface area contributed by atoms with Gasteiger partial charge in [0.2, 0.25) is 5.82 Å². The molecule has 0 atom stereocenters. The minimum atomic E-state index is 0.460. The number of aryl methyl sites for hydroxylation is 1. The molecule has 2 aromatic heterocycles. The molecule has 2 heterocycles. The Balaban J connectivity index is 2.52. The van der Waals surface area contributed by atoms with E-state index in [0.29, 0.717) is 16.3 Å². The van der Waals surface area contributed by atoms with Crippen molar-refractivity contribution >= 4 is 15.9 Å². The summed E-state index contributed by atoms with van der Waals surface area (Å²) in [5, 5.41) is 0. The summed E-state index contributed by atoms with van der Waals surface area (Å²) >= 11 is 3.24. The Kier molecular flexibility index (Phi) is 2.68. The fourth-order valence-corrected chi connectivity index (χ4v) is 1.46. The Labute approximate surface area is 95.3 Å². The molecule has 0 bridgehead atoms. The molecule has 0 aliphatic rings. The number of hydrogen-bond donors (Lipinski definition) is 0. The lowest BCUT2D eigenvalue weighted by Gasteiger charge is -2.06. The Morgan fingerprint density at radius 1 is 1.40 bits per heavy atom. The van der Waals surface area contributed by atoms with Crippen LogP contribution in [0.15, 0.2) is 23.3 Å². The van der Waals surface area contributed by atoms with Gasteiger partial charge in [0.15, 0.2) is 0 Å². The summed E-state index contributed by atoms with van der Waals surface area (Å²) in [5.41, 5.74) is 0.918. The van der Waals surface area contributed by atoms with Gasteiger partial charge in [-0.3, -0.25) is 4.57 Å². The van der Waals surface area contributed by atoms with E-state index in [2.05, 4.69) is 30.9 Å². The number of ether oxygens (including phenoxy) is 1. The molecule has 2 aromatic rings. The van der Waals surface area contributed by atoms with Crippen LogP contribution in [0.2, 0.25) is 0 Å². The lowest BCUT2D eigenvalue weighted by Crippen LogP contribution is -2.01. The summed E-state index contributed by atoms with van der Waals surface area (Å²) in [6, 6.07) is 0. The van der Waals surface area contributed by atoms with Crippen LogP contribution in [0.4, 0.5) is 0 Å². The second kappa shape index (κ2) is 3.98. The van der Waals surface area contributed by atoms with Gasteiger partial charge in [0.25, 0.3) is 5.88 Å². The van der Waals surface area contributed by atoms with Crippen molar-refractivity contribution in [2.45, 2.75) is 6.92 Å². The van der Waals surface area contributed by atoms with Crippen LogP contribution in [0.1, 0.15) is 5.69 Å². The van der Waals surface area contributed by atoms with Crippen LogP contribution in [-0.4, -0.2) is 26.6 Å². The van der Waals surface area contributed by atoms with E-state index >= 15 is 0 Å². The highest BCUT2D eigenvalue weighted by molar-refractivity contribution is 9.10. The zero-order chi connectivity index (χ0) is 10.8. The molecule has 0 unspecified atom stereocenters. The maximum absolute atomic E-state index is 5.14. The number of aromatic nitrogens is 4. The van der Waals surface area contributed by atoms with Gasteiger partial charge in [0, 0.05) is 6.20 Å². The zero-order valence-corrected chi connectivity index (χ0v) is 9.89. The van der Waals surface area contributed by atoms with Crippen molar-refractivity contribution in [1.82, 2.24) is 19.5 Å². The molecule has 5 nitrogen and oxygen atoms in total. The van der Waals surface area contributed by atoms with Gasteiger partial charge in [0.05, 0.1) is 19.0 Å². The summed E-state index contributed by atoms with van der Waals surface area (Å²) in [6.45, 7) is 1.91. The molecule has 78 valence electrons. The highest BCUT2D eigenvalue weighted by atomic mass is 79.9. The van der Waals surface area contributed by atoms with E-state index < -0.39 is 0 Å². The number of halogens is 1. The normalized spacial score (nSPS) is 10.3. The van der Waals surface area contributed by atoms with Gasteiger partial charge < -0.3 is 4.74 Å². The Morgan fingerprint density at radius 2 is 2.20 bits per heavy atom. The highest BCUT2D eigenvalue weighted by Crippen LogP contribution is 2.19. The first kappa shape index (κ1) is 10.1. The van der Waals surface area contributed by atoms with Crippen molar-refractivity contribution in [3.05, 3.63) is 29.0 Å². The van der Waals surface area contributed by atoms with Crippen LogP contribution >= 0.6 is 15.9 Å². The molecule has 15 heavy (non-hydrogen) atoms. The summed E-state index contributed by atoms with van der Waals surface area (Å²) < 4.78 is 7.55. The fraction of sp³-hybridized carbons (Fsp3) is 0.222. The van der Waals surface area contributed by atoms with Crippen LogP contribution < -0.4 is 4.74 Å². The molecule has 0 saturated heterocycles.